The SMILES string of the molecule is COC(=O)C1(C(=O)OC)CC2=C(CC(c3ccccc3)C(C)=C2)C1. The number of carbonyl (C=O) groups excluding carboxylic acids is 2. The van der Waals surface area contributed by atoms with Gasteiger partial charge in [0, 0.05) is 5.92 Å². The maximum absolute atomic E-state index is 12.3. The predicted molar refractivity (Wildman–Crippen MR) is 90.3 cm³/mol. The van der Waals surface area contributed by atoms with E-state index in [9.17, 15) is 9.59 Å². The van der Waals surface area contributed by atoms with Crippen LogP contribution in [0.1, 0.15) is 37.7 Å². The average Bonchev–Trinajstić information content (AvgIpc) is 2.99. The molecule has 0 N–H and O–H groups in total. The van der Waals surface area contributed by atoms with Gasteiger partial charge >= 0.3 is 11.9 Å². The molecule has 24 heavy (non-hydrogen) atoms. The summed E-state index contributed by atoms with van der Waals surface area (Å²) in [7, 11) is 2.64. The molecule has 2 aliphatic carbocycles. The lowest BCUT2D eigenvalue weighted by atomic mass is 9.80. The molecule has 1 aromatic rings. The van der Waals surface area contributed by atoms with E-state index in [-0.39, 0.29) is 5.92 Å². The van der Waals surface area contributed by atoms with Crippen molar-refractivity contribution < 1.29 is 19.1 Å². The molecule has 126 valence electrons. The molecular weight excluding hydrogens is 304 g/mol. The Balaban J connectivity index is 1.91. The van der Waals surface area contributed by atoms with Crippen molar-refractivity contribution in [2.75, 3.05) is 14.2 Å². The van der Waals surface area contributed by atoms with Crippen molar-refractivity contribution in [3.63, 3.8) is 0 Å². The molecule has 1 unspecified atom stereocenters. The first kappa shape index (κ1) is 16.5. The van der Waals surface area contributed by atoms with Gasteiger partial charge in [-0.15, -0.1) is 0 Å². The van der Waals surface area contributed by atoms with Crippen molar-refractivity contribution in [1.82, 2.24) is 0 Å². The van der Waals surface area contributed by atoms with E-state index in [4.69, 9.17) is 9.47 Å². The molecular formula is C20H22O4. The van der Waals surface area contributed by atoms with Gasteiger partial charge in [0.1, 0.15) is 0 Å². The molecule has 0 saturated carbocycles. The molecule has 0 amide bonds. The number of esters is 2. The van der Waals surface area contributed by atoms with Crippen molar-refractivity contribution in [2.24, 2.45) is 5.41 Å². The zero-order chi connectivity index (χ0) is 17.3. The van der Waals surface area contributed by atoms with Crippen LogP contribution in [0.5, 0.6) is 0 Å². The van der Waals surface area contributed by atoms with Crippen molar-refractivity contribution in [2.45, 2.75) is 32.1 Å². The van der Waals surface area contributed by atoms with Gasteiger partial charge in [0.05, 0.1) is 14.2 Å². The Kier molecular flexibility index (Phi) is 4.31. The number of allylic oxidation sites excluding steroid dienone is 4. The van der Waals surface area contributed by atoms with Gasteiger partial charge in [0.25, 0.3) is 0 Å². The van der Waals surface area contributed by atoms with Gasteiger partial charge in [-0.2, -0.15) is 0 Å². The molecule has 0 saturated heterocycles. The second-order valence-corrected chi connectivity index (χ2v) is 6.60. The normalized spacial score (nSPS) is 21.8. The number of carbonyl (C=O) groups is 2. The Morgan fingerprint density at radius 2 is 1.67 bits per heavy atom. The lowest BCUT2D eigenvalue weighted by Gasteiger charge is -2.24. The Labute approximate surface area is 142 Å². The molecule has 1 aromatic carbocycles. The topological polar surface area (TPSA) is 52.6 Å². The highest BCUT2D eigenvalue weighted by Gasteiger charge is 2.53. The summed E-state index contributed by atoms with van der Waals surface area (Å²) in [5.74, 6) is -0.729. The molecule has 0 radical (unpaired) electrons. The fourth-order valence-electron chi connectivity index (χ4n) is 3.96. The molecule has 0 fully saturated rings. The first-order valence-corrected chi connectivity index (χ1v) is 8.12. The Morgan fingerprint density at radius 1 is 1.04 bits per heavy atom. The lowest BCUT2D eigenvalue weighted by Crippen LogP contribution is -2.39. The van der Waals surface area contributed by atoms with E-state index in [1.165, 1.54) is 25.4 Å². The summed E-state index contributed by atoms with van der Waals surface area (Å²) < 4.78 is 9.84. The average molecular weight is 326 g/mol. The first-order valence-electron chi connectivity index (χ1n) is 8.12. The van der Waals surface area contributed by atoms with Crippen molar-refractivity contribution in [3.05, 3.63) is 58.7 Å². The zero-order valence-corrected chi connectivity index (χ0v) is 14.3. The summed E-state index contributed by atoms with van der Waals surface area (Å²) >= 11 is 0. The third kappa shape index (κ3) is 2.56. The van der Waals surface area contributed by atoms with Crippen LogP contribution in [0.25, 0.3) is 0 Å². The Bertz CT molecular complexity index is 711. The Hall–Kier alpha value is -2.36. The minimum Gasteiger partial charge on any atom is -0.468 e. The van der Waals surface area contributed by atoms with E-state index < -0.39 is 17.4 Å². The molecule has 0 aromatic heterocycles. The van der Waals surface area contributed by atoms with Gasteiger partial charge in [-0.3, -0.25) is 9.59 Å². The van der Waals surface area contributed by atoms with E-state index in [1.807, 2.05) is 18.2 Å². The zero-order valence-electron chi connectivity index (χ0n) is 14.3. The number of hydrogen-bond donors (Lipinski definition) is 0. The van der Waals surface area contributed by atoms with Gasteiger partial charge in [0.15, 0.2) is 5.41 Å². The minimum atomic E-state index is -1.23. The molecule has 0 aliphatic heterocycles. The van der Waals surface area contributed by atoms with Crippen LogP contribution in [0.2, 0.25) is 0 Å². The maximum atomic E-state index is 12.3. The number of ether oxygens (including phenoxy) is 2. The van der Waals surface area contributed by atoms with Crippen molar-refractivity contribution >= 4 is 11.9 Å². The molecule has 4 nitrogen and oxygen atoms in total. The van der Waals surface area contributed by atoms with E-state index in [1.54, 1.807) is 0 Å². The third-order valence-corrected chi connectivity index (χ3v) is 5.22. The molecule has 0 spiro atoms. The lowest BCUT2D eigenvalue weighted by molar-refractivity contribution is -0.168. The number of rotatable bonds is 3. The monoisotopic (exact) mass is 326 g/mol. The third-order valence-electron chi connectivity index (χ3n) is 5.22. The van der Waals surface area contributed by atoms with Crippen LogP contribution in [-0.2, 0) is 19.1 Å². The van der Waals surface area contributed by atoms with Gasteiger partial charge in [-0.05, 0) is 37.3 Å². The van der Waals surface area contributed by atoms with Crippen LogP contribution in [0.15, 0.2) is 53.1 Å². The summed E-state index contributed by atoms with van der Waals surface area (Å²) in [6, 6.07) is 10.3. The molecule has 1 atom stereocenters. The second-order valence-electron chi connectivity index (χ2n) is 6.60. The van der Waals surface area contributed by atoms with Gasteiger partial charge in [-0.25, -0.2) is 0 Å². The number of hydrogen-bond acceptors (Lipinski definition) is 4. The van der Waals surface area contributed by atoms with Gasteiger partial charge < -0.3 is 9.47 Å². The summed E-state index contributed by atoms with van der Waals surface area (Å²) in [6.07, 6.45) is 3.71. The van der Waals surface area contributed by atoms with E-state index in [2.05, 4.69) is 25.1 Å². The largest absolute Gasteiger partial charge is 0.468 e. The van der Waals surface area contributed by atoms with E-state index >= 15 is 0 Å². The van der Waals surface area contributed by atoms with Crippen molar-refractivity contribution in [3.8, 4) is 0 Å². The van der Waals surface area contributed by atoms with Crippen LogP contribution in [0.3, 0.4) is 0 Å². The minimum absolute atomic E-state index is 0.288. The Morgan fingerprint density at radius 3 is 2.25 bits per heavy atom. The van der Waals surface area contributed by atoms with Crippen LogP contribution >= 0.6 is 0 Å². The summed E-state index contributed by atoms with van der Waals surface area (Å²) in [5, 5.41) is 0. The summed E-state index contributed by atoms with van der Waals surface area (Å²) in [5.41, 5.74) is 3.52. The van der Waals surface area contributed by atoms with E-state index in [0.29, 0.717) is 12.8 Å². The van der Waals surface area contributed by atoms with Crippen LogP contribution in [0, 0.1) is 5.41 Å². The highest BCUT2D eigenvalue weighted by Crippen LogP contribution is 2.51. The molecule has 3 rings (SSSR count). The molecule has 0 heterocycles. The highest BCUT2D eigenvalue weighted by molar-refractivity contribution is 6.01. The van der Waals surface area contributed by atoms with E-state index in [0.717, 1.165) is 17.6 Å². The highest BCUT2D eigenvalue weighted by atomic mass is 16.5. The molecule has 2 aliphatic rings. The van der Waals surface area contributed by atoms with Crippen LogP contribution in [0.4, 0.5) is 0 Å². The fourth-order valence-corrected chi connectivity index (χ4v) is 3.96. The standard InChI is InChI=1S/C20H22O4/c1-13-9-15-11-20(18(21)23-2,19(22)24-3)12-16(15)10-17(13)14-7-5-4-6-8-14/h4-9,17H,10-12H2,1-3H3. The molecule has 4 heteroatoms. The number of methoxy groups -OCH3 is 2. The molecule has 0 bridgehead atoms. The van der Waals surface area contributed by atoms with Crippen molar-refractivity contribution in [1.29, 1.82) is 0 Å². The first-order chi connectivity index (χ1) is 11.5. The smallest absolute Gasteiger partial charge is 0.323 e. The second kappa shape index (κ2) is 6.27. The predicted octanol–water partition coefficient (Wildman–Crippen LogP) is 3.54. The van der Waals surface area contributed by atoms with Crippen LogP contribution in [-0.4, -0.2) is 26.2 Å². The van der Waals surface area contributed by atoms with Crippen LogP contribution < -0.4 is 0 Å². The maximum Gasteiger partial charge on any atom is 0.323 e. The van der Waals surface area contributed by atoms with Gasteiger partial charge in [-0.1, -0.05) is 47.6 Å². The number of benzene rings is 1. The fraction of sp³-hybridized carbons (Fsp3) is 0.400. The van der Waals surface area contributed by atoms with Gasteiger partial charge in [0.2, 0.25) is 0 Å². The summed E-state index contributed by atoms with van der Waals surface area (Å²) in [4.78, 5) is 24.7. The summed E-state index contributed by atoms with van der Waals surface area (Å²) in [6.45, 7) is 2.11. The quantitative estimate of drug-likeness (QED) is 0.630.